The minimum atomic E-state index is -0.979. The number of carboxylic acid groups (broad SMARTS) is 1. The van der Waals surface area contributed by atoms with Gasteiger partial charge in [0, 0.05) is 12.7 Å². The zero-order valence-corrected chi connectivity index (χ0v) is 8.11. The van der Waals surface area contributed by atoms with Gasteiger partial charge in [0.2, 0.25) is 0 Å². The average molecular weight is 182 g/mol. The van der Waals surface area contributed by atoms with Crippen LogP contribution in [0.1, 0.15) is 31.3 Å². The van der Waals surface area contributed by atoms with Gasteiger partial charge in [0.1, 0.15) is 0 Å². The summed E-state index contributed by atoms with van der Waals surface area (Å²) in [7, 11) is 0. The minimum Gasteiger partial charge on any atom is -0.476 e. The first-order chi connectivity index (χ1) is 5.88. The number of nitrogens with zero attached hydrogens (tertiary/aromatic N) is 2. The molecule has 72 valence electrons. The fraction of sp³-hybridized carbons (Fsp3) is 0.556. The minimum absolute atomic E-state index is 0.101. The van der Waals surface area contributed by atoms with Crippen molar-refractivity contribution in [2.45, 2.75) is 27.3 Å². The Kier molecular flexibility index (Phi) is 2.40. The van der Waals surface area contributed by atoms with Crippen molar-refractivity contribution in [3.05, 3.63) is 18.2 Å². The van der Waals surface area contributed by atoms with Crippen molar-refractivity contribution in [1.82, 2.24) is 9.55 Å². The van der Waals surface area contributed by atoms with Crippen LogP contribution < -0.4 is 0 Å². The Hall–Kier alpha value is -1.32. The number of hydrogen-bond donors (Lipinski definition) is 1. The largest absolute Gasteiger partial charge is 0.476 e. The summed E-state index contributed by atoms with van der Waals surface area (Å²) in [4.78, 5) is 14.3. The van der Waals surface area contributed by atoms with Crippen molar-refractivity contribution in [2.24, 2.45) is 5.41 Å². The van der Waals surface area contributed by atoms with Crippen LogP contribution in [0.15, 0.2) is 12.5 Å². The first-order valence-electron chi connectivity index (χ1n) is 4.13. The van der Waals surface area contributed by atoms with Crippen molar-refractivity contribution in [1.29, 1.82) is 0 Å². The van der Waals surface area contributed by atoms with E-state index >= 15 is 0 Å². The van der Waals surface area contributed by atoms with Gasteiger partial charge < -0.3 is 9.67 Å². The molecule has 4 heteroatoms. The van der Waals surface area contributed by atoms with E-state index in [-0.39, 0.29) is 11.1 Å². The molecule has 0 bridgehead atoms. The lowest BCUT2D eigenvalue weighted by Crippen LogP contribution is -2.14. The second-order valence-corrected chi connectivity index (χ2v) is 4.30. The first kappa shape index (κ1) is 9.77. The number of aromatic carboxylic acids is 1. The fourth-order valence-corrected chi connectivity index (χ4v) is 1.10. The highest BCUT2D eigenvalue weighted by atomic mass is 16.4. The Morgan fingerprint density at radius 1 is 1.62 bits per heavy atom. The van der Waals surface area contributed by atoms with Crippen LogP contribution in [-0.2, 0) is 6.54 Å². The third-order valence-electron chi connectivity index (χ3n) is 1.51. The van der Waals surface area contributed by atoms with Crippen LogP contribution in [0.3, 0.4) is 0 Å². The molecule has 1 aromatic rings. The third kappa shape index (κ3) is 2.89. The molecule has 1 N–H and O–H groups in total. The molecule has 0 aliphatic carbocycles. The molecular formula is C9H14N2O2. The van der Waals surface area contributed by atoms with Gasteiger partial charge in [-0.15, -0.1) is 0 Å². The highest BCUT2D eigenvalue weighted by Gasteiger charge is 2.13. The van der Waals surface area contributed by atoms with E-state index < -0.39 is 5.97 Å². The maximum Gasteiger partial charge on any atom is 0.356 e. The zero-order chi connectivity index (χ0) is 10.1. The number of rotatable bonds is 2. The fourth-order valence-electron chi connectivity index (χ4n) is 1.10. The van der Waals surface area contributed by atoms with E-state index in [1.54, 1.807) is 17.1 Å². The molecule has 1 heterocycles. The van der Waals surface area contributed by atoms with Crippen molar-refractivity contribution in [3.8, 4) is 0 Å². The summed E-state index contributed by atoms with van der Waals surface area (Å²) in [6.45, 7) is 7.04. The van der Waals surface area contributed by atoms with Gasteiger partial charge in [-0.25, -0.2) is 9.78 Å². The SMILES string of the molecule is CC(C)(C)Cn1cnc(C(=O)O)c1. The maximum atomic E-state index is 10.5. The second-order valence-electron chi connectivity index (χ2n) is 4.30. The Bertz CT molecular complexity index is 310. The predicted octanol–water partition coefficient (Wildman–Crippen LogP) is 1.63. The summed E-state index contributed by atoms with van der Waals surface area (Å²) < 4.78 is 1.80. The Labute approximate surface area is 77.2 Å². The quantitative estimate of drug-likeness (QED) is 0.756. The van der Waals surface area contributed by atoms with Crippen molar-refractivity contribution in [2.75, 3.05) is 0 Å². The molecule has 0 atom stereocenters. The molecule has 0 unspecified atom stereocenters. The van der Waals surface area contributed by atoms with Crippen molar-refractivity contribution in [3.63, 3.8) is 0 Å². The molecule has 0 amide bonds. The van der Waals surface area contributed by atoms with Gasteiger partial charge in [-0.1, -0.05) is 20.8 Å². The molecule has 0 saturated heterocycles. The average Bonchev–Trinajstić information content (AvgIpc) is 2.31. The highest BCUT2D eigenvalue weighted by molar-refractivity contribution is 5.84. The molecule has 0 saturated carbocycles. The molecule has 0 fully saturated rings. The second kappa shape index (κ2) is 3.20. The van der Waals surface area contributed by atoms with Gasteiger partial charge in [-0.05, 0) is 5.41 Å². The van der Waals surface area contributed by atoms with Crippen LogP contribution >= 0.6 is 0 Å². The topological polar surface area (TPSA) is 55.1 Å². The summed E-state index contributed by atoms with van der Waals surface area (Å²) in [6.07, 6.45) is 3.10. The van der Waals surface area contributed by atoms with E-state index in [1.807, 2.05) is 0 Å². The lowest BCUT2D eigenvalue weighted by atomic mass is 9.97. The molecule has 4 nitrogen and oxygen atoms in total. The summed E-state index contributed by atoms with van der Waals surface area (Å²) in [5.74, 6) is -0.979. The number of carboxylic acids is 1. The predicted molar refractivity (Wildman–Crippen MR) is 48.6 cm³/mol. The summed E-state index contributed by atoms with van der Waals surface area (Å²) >= 11 is 0. The molecule has 0 aliphatic rings. The van der Waals surface area contributed by atoms with Gasteiger partial charge in [0.25, 0.3) is 0 Å². The van der Waals surface area contributed by atoms with Crippen LogP contribution in [0.4, 0.5) is 0 Å². The molecular weight excluding hydrogens is 168 g/mol. The van der Waals surface area contributed by atoms with Gasteiger partial charge in [-0.2, -0.15) is 0 Å². The van der Waals surface area contributed by atoms with E-state index in [9.17, 15) is 4.79 Å². The lowest BCUT2D eigenvalue weighted by Gasteiger charge is -2.18. The van der Waals surface area contributed by atoms with Crippen LogP contribution in [-0.4, -0.2) is 20.6 Å². The van der Waals surface area contributed by atoms with Gasteiger partial charge in [-0.3, -0.25) is 0 Å². The number of hydrogen-bond acceptors (Lipinski definition) is 2. The summed E-state index contributed by atoms with van der Waals surface area (Å²) in [6, 6.07) is 0. The van der Waals surface area contributed by atoms with Crippen molar-refractivity contribution >= 4 is 5.97 Å². The summed E-state index contributed by atoms with van der Waals surface area (Å²) in [5, 5.41) is 8.62. The summed E-state index contributed by atoms with van der Waals surface area (Å²) in [5.41, 5.74) is 0.237. The molecule has 1 aromatic heterocycles. The monoisotopic (exact) mass is 182 g/mol. The molecule has 0 aliphatic heterocycles. The number of imidazole rings is 1. The Balaban J connectivity index is 2.75. The van der Waals surface area contributed by atoms with Crippen molar-refractivity contribution < 1.29 is 9.90 Å². The van der Waals surface area contributed by atoms with Gasteiger partial charge in [0.15, 0.2) is 5.69 Å². The zero-order valence-electron chi connectivity index (χ0n) is 8.11. The Morgan fingerprint density at radius 2 is 2.23 bits per heavy atom. The Morgan fingerprint density at radius 3 is 2.62 bits per heavy atom. The van der Waals surface area contributed by atoms with Crippen LogP contribution in [0, 0.1) is 5.41 Å². The van der Waals surface area contributed by atoms with E-state index in [0.717, 1.165) is 6.54 Å². The molecule has 13 heavy (non-hydrogen) atoms. The first-order valence-corrected chi connectivity index (χ1v) is 4.13. The maximum absolute atomic E-state index is 10.5. The van der Waals surface area contributed by atoms with Gasteiger partial charge >= 0.3 is 5.97 Å². The van der Waals surface area contributed by atoms with Crippen LogP contribution in [0.2, 0.25) is 0 Å². The van der Waals surface area contributed by atoms with Crippen LogP contribution in [0.25, 0.3) is 0 Å². The normalized spacial score (nSPS) is 11.6. The number of aromatic nitrogens is 2. The number of carbonyl (C=O) groups is 1. The third-order valence-corrected chi connectivity index (χ3v) is 1.51. The van der Waals surface area contributed by atoms with E-state index in [4.69, 9.17) is 5.11 Å². The lowest BCUT2D eigenvalue weighted by molar-refractivity contribution is 0.0691. The standard InChI is InChI=1S/C9H14N2O2/c1-9(2,3)5-11-4-7(8(12)13)10-6-11/h4,6H,5H2,1-3H3,(H,12,13). The van der Waals surface area contributed by atoms with E-state index in [2.05, 4.69) is 25.8 Å². The molecule has 0 aromatic carbocycles. The van der Waals surface area contributed by atoms with E-state index in [0.29, 0.717) is 0 Å². The van der Waals surface area contributed by atoms with E-state index in [1.165, 1.54) is 0 Å². The molecule has 1 rings (SSSR count). The highest BCUT2D eigenvalue weighted by Crippen LogP contribution is 2.16. The molecule has 0 radical (unpaired) electrons. The van der Waals surface area contributed by atoms with Crippen LogP contribution in [0.5, 0.6) is 0 Å². The van der Waals surface area contributed by atoms with Gasteiger partial charge in [0.05, 0.1) is 6.33 Å². The smallest absolute Gasteiger partial charge is 0.356 e. The molecule has 0 spiro atoms.